The molecule has 1 heterocycles. The third-order valence-corrected chi connectivity index (χ3v) is 3.45. The predicted octanol–water partition coefficient (Wildman–Crippen LogP) is 1.64. The Morgan fingerprint density at radius 2 is 2.32 bits per heavy atom. The molecule has 0 amide bonds. The zero-order valence-corrected chi connectivity index (χ0v) is 11.5. The number of nitrogens with zero attached hydrogens (tertiary/aromatic N) is 3. The van der Waals surface area contributed by atoms with Crippen molar-refractivity contribution in [3.63, 3.8) is 0 Å². The van der Waals surface area contributed by atoms with Gasteiger partial charge in [0.25, 0.3) is 0 Å². The van der Waals surface area contributed by atoms with Crippen molar-refractivity contribution < 1.29 is 5.11 Å². The average molecular weight is 264 g/mol. The van der Waals surface area contributed by atoms with Crippen LogP contribution in [0.25, 0.3) is 0 Å². The van der Waals surface area contributed by atoms with Crippen LogP contribution >= 0.6 is 0 Å². The molecule has 1 aliphatic rings. The smallest absolute Gasteiger partial charge is 0.0964 e. The molecule has 0 unspecified atom stereocenters. The van der Waals surface area contributed by atoms with E-state index in [1.54, 1.807) is 10.3 Å². The van der Waals surface area contributed by atoms with E-state index >= 15 is 0 Å². The molecule has 0 bridgehead atoms. The average Bonchev–Trinajstić information content (AvgIpc) is 2.90. The van der Waals surface area contributed by atoms with Crippen molar-refractivity contribution >= 4 is 0 Å². The molecule has 19 heavy (non-hydrogen) atoms. The molecule has 5 nitrogen and oxygen atoms in total. The number of nitrogens with one attached hydrogen (secondary N) is 1. The predicted molar refractivity (Wildman–Crippen MR) is 74.6 cm³/mol. The summed E-state index contributed by atoms with van der Waals surface area (Å²) in [6, 6.07) is 0. The standard InChI is InChI=1S/C14H24N4O/c19-10-4-9-18-12-14(16-17-18)11-15-8-7-13-5-2-1-3-6-13/h5,12,15,19H,1-4,6-11H2. The Bertz CT molecular complexity index is 400. The zero-order valence-electron chi connectivity index (χ0n) is 11.5. The van der Waals surface area contributed by atoms with E-state index in [0.717, 1.165) is 38.2 Å². The molecule has 0 aliphatic heterocycles. The fourth-order valence-corrected chi connectivity index (χ4v) is 2.36. The van der Waals surface area contributed by atoms with Crippen molar-refractivity contribution in [1.82, 2.24) is 20.3 Å². The number of allylic oxidation sites excluding steroid dienone is 1. The highest BCUT2D eigenvalue weighted by Crippen LogP contribution is 2.19. The van der Waals surface area contributed by atoms with Gasteiger partial charge >= 0.3 is 0 Å². The summed E-state index contributed by atoms with van der Waals surface area (Å²) in [4.78, 5) is 0. The maximum atomic E-state index is 8.75. The van der Waals surface area contributed by atoms with Gasteiger partial charge in [-0.05, 0) is 45.1 Å². The van der Waals surface area contributed by atoms with Crippen molar-refractivity contribution in [2.24, 2.45) is 0 Å². The van der Waals surface area contributed by atoms with Crippen LogP contribution in [0.4, 0.5) is 0 Å². The molecule has 1 aromatic heterocycles. The summed E-state index contributed by atoms with van der Waals surface area (Å²) in [7, 11) is 0. The van der Waals surface area contributed by atoms with Gasteiger partial charge in [-0.15, -0.1) is 5.10 Å². The minimum absolute atomic E-state index is 0.197. The van der Waals surface area contributed by atoms with Gasteiger partial charge in [0.15, 0.2) is 0 Å². The number of rotatable bonds is 8. The van der Waals surface area contributed by atoms with Gasteiger partial charge in [0.1, 0.15) is 0 Å². The van der Waals surface area contributed by atoms with Crippen LogP contribution in [0.5, 0.6) is 0 Å². The Morgan fingerprint density at radius 1 is 1.37 bits per heavy atom. The number of aliphatic hydroxyl groups excluding tert-OH is 1. The van der Waals surface area contributed by atoms with Crippen molar-refractivity contribution in [3.05, 3.63) is 23.5 Å². The van der Waals surface area contributed by atoms with E-state index < -0.39 is 0 Å². The molecule has 0 saturated heterocycles. The summed E-state index contributed by atoms with van der Waals surface area (Å²) in [6.07, 6.45) is 11.5. The molecule has 1 aromatic rings. The molecule has 2 N–H and O–H groups in total. The van der Waals surface area contributed by atoms with Crippen LogP contribution in [0.15, 0.2) is 17.8 Å². The fourth-order valence-electron chi connectivity index (χ4n) is 2.36. The number of hydrogen-bond acceptors (Lipinski definition) is 4. The van der Waals surface area contributed by atoms with Gasteiger partial charge < -0.3 is 10.4 Å². The van der Waals surface area contributed by atoms with Crippen LogP contribution in [0.3, 0.4) is 0 Å². The first-order valence-electron chi connectivity index (χ1n) is 7.27. The second-order valence-electron chi connectivity index (χ2n) is 5.09. The third-order valence-electron chi connectivity index (χ3n) is 3.45. The van der Waals surface area contributed by atoms with Gasteiger partial charge in [0, 0.05) is 25.9 Å². The summed E-state index contributed by atoms with van der Waals surface area (Å²) >= 11 is 0. The quantitative estimate of drug-likeness (QED) is 0.553. The van der Waals surface area contributed by atoms with E-state index in [1.807, 2.05) is 6.20 Å². The van der Waals surface area contributed by atoms with E-state index in [1.165, 1.54) is 25.7 Å². The molecule has 2 rings (SSSR count). The first kappa shape index (κ1) is 14.2. The molecule has 0 atom stereocenters. The molecule has 0 radical (unpaired) electrons. The lowest BCUT2D eigenvalue weighted by Crippen LogP contribution is -2.16. The largest absolute Gasteiger partial charge is 0.396 e. The van der Waals surface area contributed by atoms with Crippen LogP contribution in [-0.2, 0) is 13.1 Å². The number of aliphatic hydroxyl groups is 1. The lowest BCUT2D eigenvalue weighted by atomic mass is 9.97. The van der Waals surface area contributed by atoms with E-state index in [2.05, 4.69) is 21.7 Å². The summed E-state index contributed by atoms with van der Waals surface area (Å²) in [5.41, 5.74) is 2.57. The van der Waals surface area contributed by atoms with Crippen LogP contribution < -0.4 is 5.32 Å². The van der Waals surface area contributed by atoms with Crippen molar-refractivity contribution in [3.8, 4) is 0 Å². The molecular formula is C14H24N4O. The Kier molecular flexibility index (Phi) is 6.04. The van der Waals surface area contributed by atoms with Crippen LogP contribution in [0, 0.1) is 0 Å². The Hall–Kier alpha value is -1.20. The molecule has 0 saturated carbocycles. The summed E-state index contributed by atoms with van der Waals surface area (Å²) < 4.78 is 1.79. The fraction of sp³-hybridized carbons (Fsp3) is 0.714. The normalized spacial score (nSPS) is 15.5. The van der Waals surface area contributed by atoms with Gasteiger partial charge in [-0.2, -0.15) is 0 Å². The summed E-state index contributed by atoms with van der Waals surface area (Å²) in [6.45, 7) is 2.71. The van der Waals surface area contributed by atoms with Crippen molar-refractivity contribution in [2.45, 2.75) is 51.6 Å². The number of hydrogen-bond donors (Lipinski definition) is 2. The highest BCUT2D eigenvalue weighted by atomic mass is 16.3. The highest BCUT2D eigenvalue weighted by molar-refractivity contribution is 5.05. The van der Waals surface area contributed by atoms with Gasteiger partial charge in [0.2, 0.25) is 0 Å². The second kappa shape index (κ2) is 8.07. The molecule has 0 spiro atoms. The molecular weight excluding hydrogens is 240 g/mol. The topological polar surface area (TPSA) is 63.0 Å². The van der Waals surface area contributed by atoms with Gasteiger partial charge in [-0.25, -0.2) is 0 Å². The number of aromatic nitrogens is 3. The SMILES string of the molecule is OCCCn1cc(CNCCC2=CCCCC2)nn1. The lowest BCUT2D eigenvalue weighted by Gasteiger charge is -2.12. The summed E-state index contributed by atoms with van der Waals surface area (Å²) in [5, 5.41) is 20.3. The molecule has 1 aliphatic carbocycles. The van der Waals surface area contributed by atoms with Crippen molar-refractivity contribution in [1.29, 1.82) is 0 Å². The van der Waals surface area contributed by atoms with E-state index in [0.29, 0.717) is 0 Å². The molecule has 5 heteroatoms. The monoisotopic (exact) mass is 264 g/mol. The van der Waals surface area contributed by atoms with Crippen molar-refractivity contribution in [2.75, 3.05) is 13.2 Å². The Labute approximate surface area is 114 Å². The first-order valence-corrected chi connectivity index (χ1v) is 7.27. The van der Waals surface area contributed by atoms with Crippen LogP contribution in [-0.4, -0.2) is 33.3 Å². The Balaban J connectivity index is 1.62. The molecule has 0 aromatic carbocycles. The summed E-state index contributed by atoms with van der Waals surface area (Å²) in [5.74, 6) is 0. The van der Waals surface area contributed by atoms with E-state index in [-0.39, 0.29) is 6.61 Å². The van der Waals surface area contributed by atoms with E-state index in [9.17, 15) is 0 Å². The third kappa shape index (κ3) is 5.12. The number of aryl methyl sites for hydroxylation is 1. The Morgan fingerprint density at radius 3 is 3.11 bits per heavy atom. The lowest BCUT2D eigenvalue weighted by molar-refractivity contribution is 0.276. The zero-order chi connectivity index (χ0) is 13.3. The van der Waals surface area contributed by atoms with Gasteiger partial charge in [0.05, 0.1) is 5.69 Å². The van der Waals surface area contributed by atoms with Crippen LogP contribution in [0.2, 0.25) is 0 Å². The minimum Gasteiger partial charge on any atom is -0.396 e. The van der Waals surface area contributed by atoms with Gasteiger partial charge in [-0.1, -0.05) is 16.9 Å². The van der Waals surface area contributed by atoms with E-state index in [4.69, 9.17) is 5.11 Å². The highest BCUT2D eigenvalue weighted by Gasteiger charge is 2.04. The maximum Gasteiger partial charge on any atom is 0.0964 e. The van der Waals surface area contributed by atoms with Gasteiger partial charge in [-0.3, -0.25) is 4.68 Å². The minimum atomic E-state index is 0.197. The first-order chi connectivity index (χ1) is 9.38. The molecule has 106 valence electrons. The molecule has 0 fully saturated rings. The van der Waals surface area contributed by atoms with Crippen LogP contribution in [0.1, 0.15) is 44.2 Å². The second-order valence-corrected chi connectivity index (χ2v) is 5.09. The maximum absolute atomic E-state index is 8.75.